The summed E-state index contributed by atoms with van der Waals surface area (Å²) >= 11 is 0. The minimum atomic E-state index is -1.10. The molecule has 1 aliphatic carbocycles. The van der Waals surface area contributed by atoms with Crippen LogP contribution >= 0.6 is 0 Å². The van der Waals surface area contributed by atoms with Crippen LogP contribution in [0.3, 0.4) is 0 Å². The highest BCUT2D eigenvalue weighted by Gasteiger charge is 2.45. The number of methoxy groups -OCH3 is 4. The van der Waals surface area contributed by atoms with Crippen LogP contribution in [0.15, 0.2) is 21.7 Å². The molecule has 0 radical (unpaired) electrons. The third-order valence-electron chi connectivity index (χ3n) is 8.38. The molecular formula is C30H28O10. The fourth-order valence-electron chi connectivity index (χ4n) is 7.05. The molecule has 10 heteroatoms. The Kier molecular flexibility index (Phi) is 5.59. The van der Waals surface area contributed by atoms with Crippen molar-refractivity contribution < 1.29 is 39.4 Å². The molecule has 0 aromatic heterocycles. The fraction of sp³-hybridized carbons (Fsp3) is 0.333. The fourth-order valence-corrected chi connectivity index (χ4v) is 7.05. The summed E-state index contributed by atoms with van der Waals surface area (Å²) in [5, 5.41) is 47.5. The number of hydrogen-bond donors (Lipinski definition) is 4. The van der Waals surface area contributed by atoms with Crippen molar-refractivity contribution in [3.8, 4) is 34.5 Å². The summed E-state index contributed by atoms with van der Waals surface area (Å²) in [6, 6.07) is 2.48. The Morgan fingerprint density at radius 3 is 1.20 bits per heavy atom. The van der Waals surface area contributed by atoms with E-state index in [-0.39, 0.29) is 33.8 Å². The Labute approximate surface area is 227 Å². The monoisotopic (exact) mass is 548 g/mol. The molecular weight excluding hydrogens is 520 g/mol. The molecule has 0 amide bonds. The average molecular weight is 549 g/mol. The highest BCUT2D eigenvalue weighted by Crippen LogP contribution is 2.63. The van der Waals surface area contributed by atoms with Gasteiger partial charge in [-0.15, -0.1) is 0 Å². The van der Waals surface area contributed by atoms with Crippen molar-refractivity contribution in [1.29, 1.82) is 0 Å². The van der Waals surface area contributed by atoms with Crippen LogP contribution in [-0.2, 0) is 0 Å². The van der Waals surface area contributed by atoms with Gasteiger partial charge >= 0.3 is 0 Å². The second kappa shape index (κ2) is 8.61. The molecule has 5 aromatic rings. The molecule has 5 aromatic carbocycles. The zero-order valence-corrected chi connectivity index (χ0v) is 22.7. The van der Waals surface area contributed by atoms with Gasteiger partial charge in [-0.3, -0.25) is 9.59 Å². The lowest BCUT2D eigenvalue weighted by molar-refractivity contribution is 0.0885. The largest absolute Gasteiger partial charge is 0.504 e. The molecule has 0 fully saturated rings. The number of aliphatic hydroxyl groups is 2. The molecule has 0 spiro atoms. The van der Waals surface area contributed by atoms with E-state index in [4.69, 9.17) is 18.9 Å². The summed E-state index contributed by atoms with van der Waals surface area (Å²) in [6.45, 7) is 3.09. The van der Waals surface area contributed by atoms with E-state index in [2.05, 4.69) is 0 Å². The molecule has 40 heavy (non-hydrogen) atoms. The van der Waals surface area contributed by atoms with Gasteiger partial charge in [-0.25, -0.2) is 0 Å². The van der Waals surface area contributed by atoms with Gasteiger partial charge in [0.25, 0.3) is 0 Å². The van der Waals surface area contributed by atoms with Crippen molar-refractivity contribution in [2.75, 3.05) is 28.4 Å². The summed E-state index contributed by atoms with van der Waals surface area (Å²) in [4.78, 5) is 27.0. The van der Waals surface area contributed by atoms with Gasteiger partial charge in [-0.2, -0.15) is 0 Å². The minimum Gasteiger partial charge on any atom is -0.504 e. The lowest BCUT2D eigenvalue weighted by Crippen LogP contribution is -2.32. The van der Waals surface area contributed by atoms with E-state index in [0.717, 1.165) is 0 Å². The predicted molar refractivity (Wildman–Crippen MR) is 150 cm³/mol. The van der Waals surface area contributed by atoms with Crippen LogP contribution in [-0.4, -0.2) is 61.1 Å². The Hall–Kier alpha value is -4.28. The van der Waals surface area contributed by atoms with Gasteiger partial charge in [0.05, 0.1) is 51.4 Å². The first-order valence-electron chi connectivity index (χ1n) is 12.7. The topological polar surface area (TPSA) is 152 Å². The smallest absolute Gasteiger partial charge is 0.194 e. The third-order valence-corrected chi connectivity index (χ3v) is 8.38. The molecule has 0 heterocycles. The molecule has 6 rings (SSSR count). The second-order valence-corrected chi connectivity index (χ2v) is 10.3. The normalized spacial score (nSPS) is 18.2. The molecule has 2 unspecified atom stereocenters. The van der Waals surface area contributed by atoms with Crippen LogP contribution in [0.4, 0.5) is 0 Å². The maximum Gasteiger partial charge on any atom is 0.194 e. The lowest BCUT2D eigenvalue weighted by atomic mass is 9.66. The van der Waals surface area contributed by atoms with Gasteiger partial charge in [-0.05, 0) is 24.6 Å². The quantitative estimate of drug-likeness (QED) is 0.184. The number of phenolic OH excluding ortho intramolecular Hbond substituents is 2. The third kappa shape index (κ3) is 2.89. The van der Waals surface area contributed by atoms with Crippen LogP contribution < -0.4 is 29.8 Å². The number of benzene rings is 5. The van der Waals surface area contributed by atoms with Gasteiger partial charge in [0.2, 0.25) is 0 Å². The summed E-state index contributed by atoms with van der Waals surface area (Å²) < 4.78 is 22.7. The number of aromatic hydroxyl groups is 2. The van der Waals surface area contributed by atoms with Crippen molar-refractivity contribution in [2.24, 2.45) is 0 Å². The molecule has 10 nitrogen and oxygen atoms in total. The maximum atomic E-state index is 13.5. The lowest BCUT2D eigenvalue weighted by Gasteiger charge is -2.40. The van der Waals surface area contributed by atoms with Gasteiger partial charge in [0, 0.05) is 56.6 Å². The number of rotatable bonds is 6. The van der Waals surface area contributed by atoms with Gasteiger partial charge in [0.1, 0.15) is 11.5 Å². The van der Waals surface area contributed by atoms with E-state index < -0.39 is 46.4 Å². The summed E-state index contributed by atoms with van der Waals surface area (Å²) in [6.07, 6.45) is -2.19. The summed E-state index contributed by atoms with van der Waals surface area (Å²) in [7, 11) is 5.47. The van der Waals surface area contributed by atoms with Crippen LogP contribution in [0.1, 0.15) is 36.8 Å². The second-order valence-electron chi connectivity index (χ2n) is 10.3. The standard InChI is InChI=1S/C30H28O10/c1-9(31)15-16(10(2)32)26-24-22-18(28(36)30(26)40-6)12(34)8-14(38-4)20(22)19-13(37-3)7-11(33)17-21(19)23(24)25(15)29(39-5)27(17)35/h7-10,15-16,31-32,35-36H,1-6H3/t9-,10-,15?,16?/m0/s1. The van der Waals surface area contributed by atoms with Gasteiger partial charge in [0.15, 0.2) is 33.9 Å². The molecule has 4 atom stereocenters. The number of fused-ring (bicyclic) bond motifs is 1. The van der Waals surface area contributed by atoms with Gasteiger partial charge in [-0.1, -0.05) is 0 Å². The molecule has 0 saturated heterocycles. The van der Waals surface area contributed by atoms with Crippen molar-refractivity contribution in [2.45, 2.75) is 37.9 Å². The molecule has 0 aliphatic heterocycles. The first-order valence-corrected chi connectivity index (χ1v) is 12.7. The van der Waals surface area contributed by atoms with E-state index in [9.17, 15) is 30.0 Å². The minimum absolute atomic E-state index is 0.0354. The average Bonchev–Trinajstić information content (AvgIpc) is 2.91. The predicted octanol–water partition coefficient (Wildman–Crippen LogP) is 3.28. The van der Waals surface area contributed by atoms with Crippen LogP contribution in [0.25, 0.3) is 43.1 Å². The highest BCUT2D eigenvalue weighted by atomic mass is 16.5. The van der Waals surface area contributed by atoms with Gasteiger partial charge < -0.3 is 39.4 Å². The molecule has 0 saturated carbocycles. The number of hydrogen-bond acceptors (Lipinski definition) is 10. The van der Waals surface area contributed by atoms with Crippen LogP contribution in [0.2, 0.25) is 0 Å². The Bertz CT molecular complexity index is 1840. The van der Waals surface area contributed by atoms with Crippen LogP contribution in [0.5, 0.6) is 34.5 Å². The number of aliphatic hydroxyl groups excluding tert-OH is 2. The Morgan fingerprint density at radius 1 is 0.575 bits per heavy atom. The Balaban J connectivity index is 2.18. The number of ether oxygens (including phenoxy) is 4. The highest BCUT2D eigenvalue weighted by molar-refractivity contribution is 6.39. The van der Waals surface area contributed by atoms with Crippen molar-refractivity contribution >= 4 is 43.1 Å². The van der Waals surface area contributed by atoms with Crippen molar-refractivity contribution in [1.82, 2.24) is 0 Å². The molecule has 4 N–H and O–H groups in total. The summed E-state index contributed by atoms with van der Waals surface area (Å²) in [5.74, 6) is -2.36. The molecule has 0 bridgehead atoms. The van der Waals surface area contributed by atoms with E-state index in [1.807, 2.05) is 0 Å². The molecule has 1 aliphatic rings. The summed E-state index contributed by atoms with van der Waals surface area (Å²) in [5.41, 5.74) is -0.367. The first-order chi connectivity index (χ1) is 19.0. The SMILES string of the molecule is COc1c(O)c2c(=O)cc(OC)c3c4c(OC)cc(=O)c5c(O)c(OC)c6c(c(c1C([C@H](C)O)C6[C@H](C)O)c23)c54. The first kappa shape index (κ1) is 26.0. The van der Waals surface area contributed by atoms with Crippen molar-refractivity contribution in [3.05, 3.63) is 43.7 Å². The van der Waals surface area contributed by atoms with E-state index in [1.54, 1.807) is 13.8 Å². The number of phenols is 2. The van der Waals surface area contributed by atoms with Crippen LogP contribution in [0, 0.1) is 0 Å². The van der Waals surface area contributed by atoms with E-state index >= 15 is 0 Å². The Morgan fingerprint density at radius 2 is 0.925 bits per heavy atom. The molecule has 208 valence electrons. The maximum absolute atomic E-state index is 13.5. The zero-order valence-electron chi connectivity index (χ0n) is 22.7. The van der Waals surface area contributed by atoms with E-state index in [0.29, 0.717) is 43.4 Å². The zero-order chi connectivity index (χ0) is 28.9. The van der Waals surface area contributed by atoms with E-state index in [1.165, 1.54) is 40.6 Å². The van der Waals surface area contributed by atoms with Crippen molar-refractivity contribution in [3.63, 3.8) is 0 Å².